The molecule has 1 atom stereocenters. The summed E-state index contributed by atoms with van der Waals surface area (Å²) in [6.45, 7) is 1.41. The number of hydrogen-bond acceptors (Lipinski definition) is 2. The van der Waals surface area contributed by atoms with E-state index in [1.54, 1.807) is 0 Å². The number of nitrogens with zero attached hydrogens (tertiary/aromatic N) is 1. The zero-order valence-electron chi connectivity index (χ0n) is 9.32. The van der Waals surface area contributed by atoms with E-state index in [1.807, 2.05) is 0 Å². The standard InChI is InChI=1S/C11H12F3NO2/c1-7(10(16)17)15(2)9-5-3-4-8(6-9)11(12,13)14/h3-7H,1-2H3,(H,16,17)/t7-/m0/s1. The third kappa shape index (κ3) is 3.12. The minimum Gasteiger partial charge on any atom is -0.480 e. The molecule has 0 unspecified atom stereocenters. The van der Waals surface area contributed by atoms with Gasteiger partial charge in [0.25, 0.3) is 0 Å². The highest BCUT2D eigenvalue weighted by molar-refractivity contribution is 5.77. The van der Waals surface area contributed by atoms with Gasteiger partial charge >= 0.3 is 12.1 Å². The van der Waals surface area contributed by atoms with Gasteiger partial charge in [0.05, 0.1) is 5.56 Å². The second-order valence-electron chi connectivity index (χ2n) is 3.67. The lowest BCUT2D eigenvalue weighted by molar-refractivity contribution is -0.138. The van der Waals surface area contributed by atoms with Gasteiger partial charge < -0.3 is 10.0 Å². The molecule has 0 spiro atoms. The van der Waals surface area contributed by atoms with Crippen molar-refractivity contribution in [2.24, 2.45) is 0 Å². The van der Waals surface area contributed by atoms with Crippen molar-refractivity contribution in [3.05, 3.63) is 29.8 Å². The summed E-state index contributed by atoms with van der Waals surface area (Å²) in [5.41, 5.74) is -0.575. The molecule has 0 aliphatic carbocycles. The molecule has 17 heavy (non-hydrogen) atoms. The van der Waals surface area contributed by atoms with Gasteiger partial charge in [0, 0.05) is 12.7 Å². The number of likely N-dealkylation sites (N-methyl/N-ethyl adjacent to an activating group) is 1. The fourth-order valence-corrected chi connectivity index (χ4v) is 1.29. The lowest BCUT2D eigenvalue weighted by Gasteiger charge is -2.24. The fraction of sp³-hybridized carbons (Fsp3) is 0.364. The van der Waals surface area contributed by atoms with Crippen LogP contribution in [-0.2, 0) is 11.0 Å². The van der Waals surface area contributed by atoms with E-state index < -0.39 is 23.8 Å². The Hall–Kier alpha value is -1.72. The number of carbonyl (C=O) groups is 1. The smallest absolute Gasteiger partial charge is 0.416 e. The van der Waals surface area contributed by atoms with Crippen molar-refractivity contribution in [3.8, 4) is 0 Å². The molecule has 0 amide bonds. The Bertz CT molecular complexity index is 417. The van der Waals surface area contributed by atoms with Crippen LogP contribution in [0, 0.1) is 0 Å². The third-order valence-corrected chi connectivity index (χ3v) is 2.52. The van der Waals surface area contributed by atoms with Crippen LogP contribution in [0.15, 0.2) is 24.3 Å². The van der Waals surface area contributed by atoms with Gasteiger partial charge in [-0.1, -0.05) is 6.07 Å². The molecule has 94 valence electrons. The number of benzene rings is 1. The van der Waals surface area contributed by atoms with Gasteiger partial charge in [0.15, 0.2) is 0 Å². The zero-order valence-corrected chi connectivity index (χ0v) is 9.32. The molecule has 0 saturated heterocycles. The number of anilines is 1. The molecular formula is C11H12F3NO2. The van der Waals surface area contributed by atoms with Crippen molar-refractivity contribution in [2.75, 3.05) is 11.9 Å². The summed E-state index contributed by atoms with van der Waals surface area (Å²) >= 11 is 0. The number of aliphatic carboxylic acids is 1. The Labute approximate surface area is 96.5 Å². The summed E-state index contributed by atoms with van der Waals surface area (Å²) in [4.78, 5) is 12.0. The molecule has 0 aromatic heterocycles. The summed E-state index contributed by atoms with van der Waals surface area (Å²) in [5, 5.41) is 8.78. The summed E-state index contributed by atoms with van der Waals surface area (Å²) < 4.78 is 37.4. The first-order valence-electron chi connectivity index (χ1n) is 4.86. The van der Waals surface area contributed by atoms with Crippen molar-refractivity contribution < 1.29 is 23.1 Å². The average molecular weight is 247 g/mol. The highest BCUT2D eigenvalue weighted by atomic mass is 19.4. The maximum absolute atomic E-state index is 12.5. The molecule has 1 aromatic rings. The van der Waals surface area contributed by atoms with E-state index in [9.17, 15) is 18.0 Å². The summed E-state index contributed by atoms with van der Waals surface area (Å²) in [6, 6.07) is 3.68. The predicted molar refractivity (Wildman–Crippen MR) is 56.9 cm³/mol. The zero-order chi connectivity index (χ0) is 13.2. The van der Waals surface area contributed by atoms with E-state index in [-0.39, 0.29) is 5.69 Å². The van der Waals surface area contributed by atoms with Crippen molar-refractivity contribution in [3.63, 3.8) is 0 Å². The molecule has 1 N–H and O–H groups in total. The Morgan fingerprint density at radius 1 is 1.41 bits per heavy atom. The van der Waals surface area contributed by atoms with Crippen LogP contribution in [0.1, 0.15) is 12.5 Å². The minimum absolute atomic E-state index is 0.217. The number of hydrogen-bond donors (Lipinski definition) is 1. The first-order chi connectivity index (χ1) is 7.73. The molecular weight excluding hydrogens is 235 g/mol. The van der Waals surface area contributed by atoms with Crippen LogP contribution in [0.25, 0.3) is 0 Å². The van der Waals surface area contributed by atoms with E-state index >= 15 is 0 Å². The van der Waals surface area contributed by atoms with Gasteiger partial charge in [-0.15, -0.1) is 0 Å². The van der Waals surface area contributed by atoms with E-state index in [4.69, 9.17) is 5.11 Å². The molecule has 6 heteroatoms. The summed E-state index contributed by atoms with van der Waals surface area (Å²) in [7, 11) is 1.44. The van der Waals surface area contributed by atoms with Crippen LogP contribution in [0.2, 0.25) is 0 Å². The maximum atomic E-state index is 12.5. The number of carboxylic acids is 1. The molecule has 0 fully saturated rings. The maximum Gasteiger partial charge on any atom is 0.416 e. The molecule has 3 nitrogen and oxygen atoms in total. The van der Waals surface area contributed by atoms with Gasteiger partial charge in [-0.3, -0.25) is 0 Å². The van der Waals surface area contributed by atoms with Crippen LogP contribution in [0.4, 0.5) is 18.9 Å². The van der Waals surface area contributed by atoms with Gasteiger partial charge in [-0.2, -0.15) is 13.2 Å². The normalized spacial score (nSPS) is 13.2. The molecule has 0 bridgehead atoms. The monoisotopic (exact) mass is 247 g/mol. The van der Waals surface area contributed by atoms with E-state index in [2.05, 4.69) is 0 Å². The van der Waals surface area contributed by atoms with Crippen molar-refractivity contribution in [1.82, 2.24) is 0 Å². The second-order valence-corrected chi connectivity index (χ2v) is 3.67. The van der Waals surface area contributed by atoms with Crippen LogP contribution in [-0.4, -0.2) is 24.2 Å². The molecule has 0 aliphatic rings. The van der Waals surface area contributed by atoms with Gasteiger partial charge in [0.2, 0.25) is 0 Å². The first kappa shape index (κ1) is 13.3. The predicted octanol–water partition coefficient (Wildman–Crippen LogP) is 2.61. The van der Waals surface area contributed by atoms with E-state index in [1.165, 1.54) is 31.0 Å². The number of carboxylic acid groups (broad SMARTS) is 1. The summed E-state index contributed by atoms with van der Waals surface area (Å²) in [5.74, 6) is -1.09. The van der Waals surface area contributed by atoms with Gasteiger partial charge in [-0.25, -0.2) is 4.79 Å². The molecule has 0 aliphatic heterocycles. The first-order valence-corrected chi connectivity index (χ1v) is 4.86. The number of rotatable bonds is 3. The quantitative estimate of drug-likeness (QED) is 0.892. The Morgan fingerprint density at radius 3 is 2.47 bits per heavy atom. The van der Waals surface area contributed by atoms with Crippen LogP contribution < -0.4 is 4.90 Å². The lowest BCUT2D eigenvalue weighted by atomic mass is 10.1. The van der Waals surface area contributed by atoms with Crippen molar-refractivity contribution in [1.29, 1.82) is 0 Å². The molecule has 0 radical (unpaired) electrons. The van der Waals surface area contributed by atoms with Gasteiger partial charge in [-0.05, 0) is 25.1 Å². The Kier molecular flexibility index (Phi) is 3.65. The second kappa shape index (κ2) is 4.65. The minimum atomic E-state index is -4.43. The highest BCUT2D eigenvalue weighted by Gasteiger charge is 2.31. The van der Waals surface area contributed by atoms with Crippen molar-refractivity contribution in [2.45, 2.75) is 19.1 Å². The van der Waals surface area contributed by atoms with Crippen molar-refractivity contribution >= 4 is 11.7 Å². The molecule has 0 heterocycles. The average Bonchev–Trinajstić information content (AvgIpc) is 2.26. The molecule has 1 rings (SSSR count). The largest absolute Gasteiger partial charge is 0.480 e. The Morgan fingerprint density at radius 2 is 2.00 bits per heavy atom. The van der Waals surface area contributed by atoms with Crippen LogP contribution in [0.3, 0.4) is 0 Å². The topological polar surface area (TPSA) is 40.5 Å². The number of alkyl halides is 3. The van der Waals surface area contributed by atoms with Crippen LogP contribution >= 0.6 is 0 Å². The third-order valence-electron chi connectivity index (χ3n) is 2.52. The lowest BCUT2D eigenvalue weighted by Crippen LogP contribution is -2.35. The molecule has 0 saturated carbocycles. The van der Waals surface area contributed by atoms with E-state index in [0.29, 0.717) is 0 Å². The van der Waals surface area contributed by atoms with E-state index in [0.717, 1.165) is 12.1 Å². The summed E-state index contributed by atoms with van der Waals surface area (Å²) in [6.07, 6.45) is -4.43. The Balaban J connectivity index is 3.04. The van der Waals surface area contributed by atoms with Gasteiger partial charge in [0.1, 0.15) is 6.04 Å². The fourth-order valence-electron chi connectivity index (χ4n) is 1.29. The number of halogens is 3. The van der Waals surface area contributed by atoms with Crippen LogP contribution in [0.5, 0.6) is 0 Å². The molecule has 1 aromatic carbocycles. The SMILES string of the molecule is C[C@@H](C(=O)O)N(C)c1cccc(C(F)(F)F)c1. The highest BCUT2D eigenvalue weighted by Crippen LogP contribution is 2.31.